The van der Waals surface area contributed by atoms with E-state index >= 15 is 0 Å². The first kappa shape index (κ1) is 17.8. The van der Waals surface area contributed by atoms with Crippen LogP contribution in [0.5, 0.6) is 0 Å². The molecule has 0 rings (SSSR count). The summed E-state index contributed by atoms with van der Waals surface area (Å²) in [4.78, 5) is 54.0. The highest BCUT2D eigenvalue weighted by atomic mass is 16.4. The number of carboxylic acids is 1. The number of aldehydes is 2. The Bertz CT molecular complexity index is 348. The molecule has 2 unspecified atom stereocenters. The molecule has 0 aromatic rings. The Hall–Kier alpha value is -2.25. The molecule has 0 spiro atoms. The molecular weight excluding hydrogens is 268 g/mol. The molecule has 2 atom stereocenters. The maximum absolute atomic E-state index is 11.5. The van der Waals surface area contributed by atoms with Gasteiger partial charge in [0, 0.05) is 12.8 Å². The minimum absolute atomic E-state index is 0.0363. The van der Waals surface area contributed by atoms with E-state index in [2.05, 4.69) is 10.6 Å². The maximum atomic E-state index is 11.5. The number of rotatable bonds is 10. The third kappa shape index (κ3) is 8.78. The van der Waals surface area contributed by atoms with Crippen molar-refractivity contribution in [1.29, 1.82) is 0 Å². The number of carbonyl (C=O) groups is 5. The standard InChI is InChI=1S/C12H18N2O6/c1-8(17)2-3-9(6-15)13-12(20)14-10(7-16)4-5-11(18)19/h6-7,9-10H,2-5H2,1H3,(H,18,19)(H2,13,14,20). The Morgan fingerprint density at radius 2 is 1.45 bits per heavy atom. The third-order valence-electron chi connectivity index (χ3n) is 2.44. The molecule has 3 N–H and O–H groups in total. The highest BCUT2D eigenvalue weighted by Crippen LogP contribution is 1.98. The van der Waals surface area contributed by atoms with E-state index < -0.39 is 24.1 Å². The lowest BCUT2D eigenvalue weighted by molar-refractivity contribution is -0.137. The Morgan fingerprint density at radius 3 is 1.80 bits per heavy atom. The van der Waals surface area contributed by atoms with Crippen molar-refractivity contribution in [3.63, 3.8) is 0 Å². The number of urea groups is 1. The van der Waals surface area contributed by atoms with Crippen LogP contribution in [0.1, 0.15) is 32.6 Å². The summed E-state index contributed by atoms with van der Waals surface area (Å²) < 4.78 is 0. The average Bonchev–Trinajstić information content (AvgIpc) is 2.38. The van der Waals surface area contributed by atoms with Gasteiger partial charge in [-0.25, -0.2) is 4.79 Å². The first-order valence-electron chi connectivity index (χ1n) is 6.08. The lowest BCUT2D eigenvalue weighted by Crippen LogP contribution is -2.47. The number of nitrogens with one attached hydrogen (secondary N) is 2. The van der Waals surface area contributed by atoms with Gasteiger partial charge in [-0.05, 0) is 19.8 Å². The summed E-state index contributed by atoms with van der Waals surface area (Å²) in [6, 6.07) is -2.52. The van der Waals surface area contributed by atoms with Gasteiger partial charge in [0.25, 0.3) is 0 Å². The topological polar surface area (TPSA) is 130 Å². The molecule has 0 fully saturated rings. The predicted octanol–water partition coefficient (Wildman–Crippen LogP) is -0.345. The minimum Gasteiger partial charge on any atom is -0.481 e. The zero-order valence-electron chi connectivity index (χ0n) is 11.1. The molecule has 20 heavy (non-hydrogen) atoms. The van der Waals surface area contributed by atoms with Crippen molar-refractivity contribution >= 4 is 30.4 Å². The van der Waals surface area contributed by atoms with Gasteiger partial charge in [0.15, 0.2) is 0 Å². The van der Waals surface area contributed by atoms with E-state index in [1.54, 1.807) is 0 Å². The highest BCUT2D eigenvalue weighted by Gasteiger charge is 2.16. The number of carboxylic acid groups (broad SMARTS) is 1. The molecule has 8 nitrogen and oxygen atoms in total. The second-order valence-electron chi connectivity index (χ2n) is 4.28. The van der Waals surface area contributed by atoms with Gasteiger partial charge in [0.2, 0.25) is 0 Å². The number of Topliss-reactive ketones (excluding diaryl/α,β-unsaturated/α-hetero) is 1. The van der Waals surface area contributed by atoms with Crippen LogP contribution in [0.25, 0.3) is 0 Å². The minimum atomic E-state index is -1.08. The molecule has 0 bridgehead atoms. The molecule has 0 radical (unpaired) electrons. The molecule has 0 aromatic carbocycles. The second kappa shape index (κ2) is 9.65. The zero-order chi connectivity index (χ0) is 15.5. The third-order valence-corrected chi connectivity index (χ3v) is 2.44. The maximum Gasteiger partial charge on any atom is 0.315 e. The first-order chi connectivity index (χ1) is 9.38. The van der Waals surface area contributed by atoms with Crippen molar-refractivity contribution in [2.45, 2.75) is 44.7 Å². The van der Waals surface area contributed by atoms with Gasteiger partial charge in [0.1, 0.15) is 18.4 Å². The summed E-state index contributed by atoms with van der Waals surface area (Å²) >= 11 is 0. The van der Waals surface area contributed by atoms with Gasteiger partial charge in [0.05, 0.1) is 12.1 Å². The lowest BCUT2D eigenvalue weighted by atomic mass is 10.1. The van der Waals surface area contributed by atoms with E-state index in [0.29, 0.717) is 12.6 Å². The smallest absolute Gasteiger partial charge is 0.315 e. The van der Waals surface area contributed by atoms with E-state index in [1.165, 1.54) is 6.92 Å². The van der Waals surface area contributed by atoms with Gasteiger partial charge in [-0.15, -0.1) is 0 Å². The van der Waals surface area contributed by atoms with Crippen LogP contribution in [0.4, 0.5) is 4.79 Å². The van der Waals surface area contributed by atoms with Crippen molar-refractivity contribution in [3.05, 3.63) is 0 Å². The van der Waals surface area contributed by atoms with Crippen LogP contribution in [0.15, 0.2) is 0 Å². The Kier molecular flexibility index (Phi) is 8.56. The fourth-order valence-corrected chi connectivity index (χ4v) is 1.36. The molecule has 8 heteroatoms. The summed E-state index contributed by atoms with van der Waals surface area (Å²) in [6.07, 6.45) is 0.952. The monoisotopic (exact) mass is 286 g/mol. The van der Waals surface area contributed by atoms with Crippen LogP contribution in [0.2, 0.25) is 0 Å². The van der Waals surface area contributed by atoms with Gasteiger partial charge in [-0.2, -0.15) is 0 Å². The quantitative estimate of drug-likeness (QED) is 0.471. The summed E-state index contributed by atoms with van der Waals surface area (Å²) in [7, 11) is 0. The number of ketones is 1. The zero-order valence-corrected chi connectivity index (χ0v) is 11.1. The number of aliphatic carboxylic acids is 1. The highest BCUT2D eigenvalue weighted by molar-refractivity contribution is 5.81. The van der Waals surface area contributed by atoms with Crippen molar-refractivity contribution < 1.29 is 29.1 Å². The number of hydrogen-bond acceptors (Lipinski definition) is 5. The van der Waals surface area contributed by atoms with E-state index in [9.17, 15) is 24.0 Å². The molecule has 0 aliphatic rings. The SMILES string of the molecule is CC(=O)CCC(C=O)NC(=O)NC(C=O)CCC(=O)O. The first-order valence-corrected chi connectivity index (χ1v) is 6.08. The Morgan fingerprint density at radius 1 is 1.00 bits per heavy atom. The Balaban J connectivity index is 4.21. The molecule has 2 amide bonds. The van der Waals surface area contributed by atoms with Crippen LogP contribution >= 0.6 is 0 Å². The van der Waals surface area contributed by atoms with Gasteiger partial charge in [-0.3, -0.25) is 4.79 Å². The van der Waals surface area contributed by atoms with E-state index in [-0.39, 0.29) is 31.5 Å². The molecule has 0 aromatic heterocycles. The van der Waals surface area contributed by atoms with Crippen LogP contribution in [-0.4, -0.2) is 47.5 Å². The van der Waals surface area contributed by atoms with E-state index in [1.807, 2.05) is 0 Å². The Labute approximate surface area is 115 Å². The average molecular weight is 286 g/mol. The summed E-state index contributed by atoms with van der Waals surface area (Å²) in [5.41, 5.74) is 0. The molecule has 0 saturated carbocycles. The molecule has 0 aliphatic heterocycles. The largest absolute Gasteiger partial charge is 0.481 e. The van der Waals surface area contributed by atoms with Gasteiger partial charge < -0.3 is 30.1 Å². The molecule has 112 valence electrons. The van der Waals surface area contributed by atoms with Gasteiger partial charge >= 0.3 is 12.0 Å². The van der Waals surface area contributed by atoms with Crippen molar-refractivity contribution in [3.8, 4) is 0 Å². The van der Waals surface area contributed by atoms with Crippen molar-refractivity contribution in [2.75, 3.05) is 0 Å². The van der Waals surface area contributed by atoms with Crippen molar-refractivity contribution in [2.24, 2.45) is 0 Å². The van der Waals surface area contributed by atoms with Crippen LogP contribution in [0.3, 0.4) is 0 Å². The van der Waals surface area contributed by atoms with Crippen LogP contribution < -0.4 is 10.6 Å². The van der Waals surface area contributed by atoms with Gasteiger partial charge in [-0.1, -0.05) is 0 Å². The molecule has 0 saturated heterocycles. The summed E-state index contributed by atoms with van der Waals surface area (Å²) in [5, 5.41) is 13.0. The van der Waals surface area contributed by atoms with Crippen molar-refractivity contribution in [1.82, 2.24) is 10.6 Å². The number of carbonyl (C=O) groups excluding carboxylic acids is 4. The predicted molar refractivity (Wildman–Crippen MR) is 68.2 cm³/mol. The molecule has 0 heterocycles. The fourth-order valence-electron chi connectivity index (χ4n) is 1.36. The van der Waals surface area contributed by atoms with E-state index in [4.69, 9.17) is 5.11 Å². The van der Waals surface area contributed by atoms with E-state index in [0.717, 1.165) is 0 Å². The summed E-state index contributed by atoms with van der Waals surface area (Å²) in [6.45, 7) is 1.37. The number of amides is 2. The van der Waals surface area contributed by atoms with Crippen LogP contribution in [-0.2, 0) is 19.2 Å². The summed E-state index contributed by atoms with van der Waals surface area (Å²) in [5.74, 6) is -1.18. The van der Waals surface area contributed by atoms with Crippen LogP contribution in [0, 0.1) is 0 Å². The second-order valence-corrected chi connectivity index (χ2v) is 4.28. The lowest BCUT2D eigenvalue weighted by Gasteiger charge is -2.16. The molecular formula is C12H18N2O6. The fraction of sp³-hybridized carbons (Fsp3) is 0.583. The normalized spacial score (nSPS) is 12.8. The molecule has 0 aliphatic carbocycles. The number of hydrogen-bond donors (Lipinski definition) is 3.